The number of carbonyl (C=O) groups excluding carboxylic acids is 1. The summed E-state index contributed by atoms with van der Waals surface area (Å²) in [5, 5.41) is 2.89. The third-order valence-corrected chi connectivity index (χ3v) is 2.73. The van der Waals surface area contributed by atoms with Crippen LogP contribution in [0.4, 0.5) is 0 Å². The Hall–Kier alpha value is -0.610. The van der Waals surface area contributed by atoms with Crippen LogP contribution in [-0.2, 0) is 14.3 Å². The highest BCUT2D eigenvalue weighted by Gasteiger charge is 2.01. The molecule has 0 saturated carbocycles. The molecule has 0 radical (unpaired) electrons. The van der Waals surface area contributed by atoms with Crippen LogP contribution in [0.1, 0.15) is 47.0 Å². The van der Waals surface area contributed by atoms with Gasteiger partial charge in [-0.15, -0.1) is 0 Å². The van der Waals surface area contributed by atoms with Gasteiger partial charge in [-0.05, 0) is 24.7 Å². The SMILES string of the molecule is CC(C)CCNC(=O)CCOCCOCCC(C)C. The maximum absolute atomic E-state index is 11.4. The van der Waals surface area contributed by atoms with Crippen molar-refractivity contribution in [3.63, 3.8) is 0 Å². The first-order valence-corrected chi connectivity index (χ1v) is 7.44. The molecular weight excluding hydrogens is 242 g/mol. The topological polar surface area (TPSA) is 47.6 Å². The van der Waals surface area contributed by atoms with Crippen LogP contribution in [0.25, 0.3) is 0 Å². The molecule has 0 heterocycles. The summed E-state index contributed by atoms with van der Waals surface area (Å²) in [6.07, 6.45) is 2.54. The van der Waals surface area contributed by atoms with E-state index >= 15 is 0 Å². The molecule has 0 rings (SSSR count). The van der Waals surface area contributed by atoms with Gasteiger partial charge in [0.1, 0.15) is 0 Å². The number of rotatable bonds is 12. The molecule has 1 amide bonds. The first kappa shape index (κ1) is 18.4. The van der Waals surface area contributed by atoms with Gasteiger partial charge in [-0.2, -0.15) is 0 Å². The summed E-state index contributed by atoms with van der Waals surface area (Å²) in [4.78, 5) is 11.4. The lowest BCUT2D eigenvalue weighted by molar-refractivity contribution is -0.122. The molecule has 19 heavy (non-hydrogen) atoms. The van der Waals surface area contributed by atoms with Gasteiger partial charge in [-0.1, -0.05) is 27.7 Å². The van der Waals surface area contributed by atoms with Gasteiger partial charge in [0.2, 0.25) is 5.91 Å². The van der Waals surface area contributed by atoms with E-state index in [0.717, 1.165) is 26.0 Å². The Bertz CT molecular complexity index is 217. The summed E-state index contributed by atoms with van der Waals surface area (Å²) in [5.41, 5.74) is 0. The van der Waals surface area contributed by atoms with Crippen molar-refractivity contribution in [1.29, 1.82) is 0 Å². The Labute approximate surface area is 118 Å². The molecule has 0 aliphatic heterocycles. The highest BCUT2D eigenvalue weighted by Crippen LogP contribution is 1.98. The fraction of sp³-hybridized carbons (Fsp3) is 0.933. The quantitative estimate of drug-likeness (QED) is 0.556. The first-order chi connectivity index (χ1) is 9.02. The minimum absolute atomic E-state index is 0.0707. The highest BCUT2D eigenvalue weighted by molar-refractivity contribution is 5.75. The molecule has 0 aliphatic rings. The summed E-state index contributed by atoms with van der Waals surface area (Å²) >= 11 is 0. The van der Waals surface area contributed by atoms with E-state index in [2.05, 4.69) is 33.0 Å². The molecule has 0 aromatic carbocycles. The zero-order valence-corrected chi connectivity index (χ0v) is 13.0. The number of hydrogen-bond donors (Lipinski definition) is 1. The van der Waals surface area contributed by atoms with Gasteiger partial charge in [0.25, 0.3) is 0 Å². The summed E-state index contributed by atoms with van der Waals surface area (Å²) in [6, 6.07) is 0. The van der Waals surface area contributed by atoms with Crippen molar-refractivity contribution in [1.82, 2.24) is 5.32 Å². The lowest BCUT2D eigenvalue weighted by Gasteiger charge is -2.08. The molecule has 0 aromatic heterocycles. The monoisotopic (exact) mass is 273 g/mol. The van der Waals surface area contributed by atoms with Crippen LogP contribution in [-0.4, -0.2) is 38.9 Å². The van der Waals surface area contributed by atoms with Crippen molar-refractivity contribution >= 4 is 5.91 Å². The van der Waals surface area contributed by atoms with E-state index in [1.165, 1.54) is 0 Å². The molecule has 4 nitrogen and oxygen atoms in total. The number of nitrogens with one attached hydrogen (secondary N) is 1. The van der Waals surface area contributed by atoms with E-state index in [1.54, 1.807) is 0 Å². The molecule has 1 N–H and O–H groups in total. The summed E-state index contributed by atoms with van der Waals surface area (Å²) in [5.74, 6) is 1.37. The van der Waals surface area contributed by atoms with Gasteiger partial charge in [0.15, 0.2) is 0 Å². The molecule has 0 saturated heterocycles. The van der Waals surface area contributed by atoms with Crippen LogP contribution < -0.4 is 5.32 Å². The minimum atomic E-state index is 0.0707. The zero-order valence-electron chi connectivity index (χ0n) is 13.0. The molecule has 0 atom stereocenters. The maximum Gasteiger partial charge on any atom is 0.222 e. The third kappa shape index (κ3) is 15.3. The van der Waals surface area contributed by atoms with Crippen molar-refractivity contribution in [2.24, 2.45) is 11.8 Å². The summed E-state index contributed by atoms with van der Waals surface area (Å²) < 4.78 is 10.8. The molecule has 114 valence electrons. The second kappa shape index (κ2) is 12.4. The van der Waals surface area contributed by atoms with Gasteiger partial charge < -0.3 is 14.8 Å². The number of ether oxygens (including phenoxy) is 2. The fourth-order valence-electron chi connectivity index (χ4n) is 1.39. The summed E-state index contributed by atoms with van der Waals surface area (Å²) in [7, 11) is 0. The zero-order chi connectivity index (χ0) is 14.5. The van der Waals surface area contributed by atoms with Crippen molar-refractivity contribution in [2.75, 3.05) is 33.0 Å². The largest absolute Gasteiger partial charge is 0.379 e. The van der Waals surface area contributed by atoms with Crippen molar-refractivity contribution in [3.8, 4) is 0 Å². The van der Waals surface area contributed by atoms with Gasteiger partial charge >= 0.3 is 0 Å². The first-order valence-electron chi connectivity index (χ1n) is 7.44. The number of carbonyl (C=O) groups is 1. The third-order valence-electron chi connectivity index (χ3n) is 2.73. The van der Waals surface area contributed by atoms with Gasteiger partial charge in [0, 0.05) is 19.6 Å². The van der Waals surface area contributed by atoms with E-state index in [4.69, 9.17) is 9.47 Å². The Kier molecular flexibility index (Phi) is 12.0. The number of hydrogen-bond acceptors (Lipinski definition) is 3. The van der Waals surface area contributed by atoms with Crippen molar-refractivity contribution in [2.45, 2.75) is 47.0 Å². The van der Waals surface area contributed by atoms with Crippen LogP contribution in [0, 0.1) is 11.8 Å². The van der Waals surface area contributed by atoms with E-state index in [1.807, 2.05) is 0 Å². The van der Waals surface area contributed by atoms with Gasteiger partial charge in [-0.25, -0.2) is 0 Å². The maximum atomic E-state index is 11.4. The molecule has 0 aliphatic carbocycles. The normalized spacial score (nSPS) is 11.3. The van der Waals surface area contributed by atoms with Crippen molar-refractivity contribution in [3.05, 3.63) is 0 Å². The van der Waals surface area contributed by atoms with Crippen LogP contribution in [0.15, 0.2) is 0 Å². The molecule has 0 bridgehead atoms. The Morgan fingerprint density at radius 2 is 1.47 bits per heavy atom. The van der Waals surface area contributed by atoms with Crippen LogP contribution in [0.3, 0.4) is 0 Å². The lowest BCUT2D eigenvalue weighted by atomic mass is 10.1. The van der Waals surface area contributed by atoms with E-state index < -0.39 is 0 Å². The van der Waals surface area contributed by atoms with Crippen LogP contribution in [0.5, 0.6) is 0 Å². The molecule has 4 heteroatoms. The molecular formula is C15H31NO3. The predicted octanol–water partition coefficient (Wildman–Crippen LogP) is 2.62. The smallest absolute Gasteiger partial charge is 0.222 e. The number of amides is 1. The molecule has 0 fully saturated rings. The lowest BCUT2D eigenvalue weighted by Crippen LogP contribution is -2.26. The summed E-state index contributed by atoms with van der Waals surface area (Å²) in [6.45, 7) is 11.9. The second-order valence-corrected chi connectivity index (χ2v) is 5.69. The Balaban J connectivity index is 3.18. The van der Waals surface area contributed by atoms with E-state index in [0.29, 0.717) is 38.1 Å². The Morgan fingerprint density at radius 3 is 2.05 bits per heavy atom. The van der Waals surface area contributed by atoms with E-state index in [9.17, 15) is 4.79 Å². The van der Waals surface area contributed by atoms with Gasteiger partial charge in [-0.3, -0.25) is 4.79 Å². The van der Waals surface area contributed by atoms with Crippen LogP contribution >= 0.6 is 0 Å². The van der Waals surface area contributed by atoms with Crippen molar-refractivity contribution < 1.29 is 14.3 Å². The molecule has 0 spiro atoms. The Morgan fingerprint density at radius 1 is 0.895 bits per heavy atom. The van der Waals surface area contributed by atoms with Crippen LogP contribution in [0.2, 0.25) is 0 Å². The van der Waals surface area contributed by atoms with Gasteiger partial charge in [0.05, 0.1) is 19.8 Å². The average Bonchev–Trinajstić information content (AvgIpc) is 2.31. The molecule has 0 unspecified atom stereocenters. The average molecular weight is 273 g/mol. The predicted molar refractivity (Wildman–Crippen MR) is 78.2 cm³/mol. The second-order valence-electron chi connectivity index (χ2n) is 5.69. The standard InChI is InChI=1S/C15H31NO3/c1-13(2)5-8-16-15(17)7-10-19-12-11-18-9-6-14(3)4/h13-14H,5-12H2,1-4H3,(H,16,17). The van der Waals surface area contributed by atoms with E-state index in [-0.39, 0.29) is 5.91 Å². The highest BCUT2D eigenvalue weighted by atomic mass is 16.5. The minimum Gasteiger partial charge on any atom is -0.379 e. The fourth-order valence-corrected chi connectivity index (χ4v) is 1.39. The molecule has 0 aromatic rings.